The van der Waals surface area contributed by atoms with Crippen LogP contribution in [-0.4, -0.2) is 6.10 Å². The maximum absolute atomic E-state index is 5.00. The number of rotatable bonds is 1. The number of thiol groups is 1. The molecular formula is C7H14OS. The van der Waals surface area contributed by atoms with Gasteiger partial charge < -0.3 is 4.18 Å². The lowest BCUT2D eigenvalue weighted by molar-refractivity contribution is 0.129. The summed E-state index contributed by atoms with van der Waals surface area (Å²) in [5.41, 5.74) is 0. The van der Waals surface area contributed by atoms with Crippen molar-refractivity contribution >= 4 is 12.9 Å². The molecule has 2 heteroatoms. The Hall–Kier alpha value is 0.310. The molecule has 0 radical (unpaired) electrons. The molecule has 1 aliphatic carbocycles. The third kappa shape index (κ3) is 1.87. The second-order valence-electron chi connectivity index (χ2n) is 2.91. The molecule has 0 aromatic rings. The van der Waals surface area contributed by atoms with Crippen LogP contribution in [-0.2, 0) is 4.18 Å². The minimum atomic E-state index is 0.419. The first-order chi connectivity index (χ1) is 4.34. The highest BCUT2D eigenvalue weighted by atomic mass is 32.1. The number of hydrogen-bond donors (Lipinski definition) is 1. The van der Waals surface area contributed by atoms with Gasteiger partial charge in [-0.2, -0.15) is 0 Å². The molecular weight excluding hydrogens is 132 g/mol. The van der Waals surface area contributed by atoms with Crippen LogP contribution >= 0.6 is 12.9 Å². The largest absolute Gasteiger partial charge is 0.315 e. The summed E-state index contributed by atoms with van der Waals surface area (Å²) in [6.07, 6.45) is 5.61. The summed E-state index contributed by atoms with van der Waals surface area (Å²) in [6, 6.07) is 0. The second-order valence-corrected chi connectivity index (χ2v) is 3.12. The minimum Gasteiger partial charge on any atom is -0.315 e. The van der Waals surface area contributed by atoms with Gasteiger partial charge in [0.2, 0.25) is 0 Å². The zero-order valence-corrected chi connectivity index (χ0v) is 6.73. The molecule has 0 aromatic carbocycles. The Morgan fingerprint density at radius 1 is 1.33 bits per heavy atom. The van der Waals surface area contributed by atoms with Crippen molar-refractivity contribution in [3.05, 3.63) is 0 Å². The van der Waals surface area contributed by atoms with Crippen LogP contribution in [0.2, 0.25) is 0 Å². The fourth-order valence-corrected chi connectivity index (χ4v) is 1.75. The van der Waals surface area contributed by atoms with E-state index in [1.807, 2.05) is 0 Å². The lowest BCUT2D eigenvalue weighted by Gasteiger charge is -2.25. The van der Waals surface area contributed by atoms with Crippen molar-refractivity contribution in [2.24, 2.45) is 5.92 Å². The first kappa shape index (κ1) is 7.42. The summed E-state index contributed by atoms with van der Waals surface area (Å²) in [5, 5.41) is 0. The van der Waals surface area contributed by atoms with Gasteiger partial charge in [-0.05, 0) is 31.7 Å². The lowest BCUT2D eigenvalue weighted by atomic mass is 9.88. The molecule has 0 heterocycles. The van der Waals surface area contributed by atoms with E-state index in [4.69, 9.17) is 4.18 Å². The van der Waals surface area contributed by atoms with E-state index in [0.717, 1.165) is 5.92 Å². The molecule has 0 saturated heterocycles. The molecule has 1 fully saturated rings. The van der Waals surface area contributed by atoms with E-state index in [1.165, 1.54) is 25.7 Å². The van der Waals surface area contributed by atoms with Gasteiger partial charge in [0, 0.05) is 0 Å². The first-order valence-electron chi connectivity index (χ1n) is 3.65. The fraction of sp³-hybridized carbons (Fsp3) is 1.00. The van der Waals surface area contributed by atoms with Gasteiger partial charge in [-0.15, -0.1) is 0 Å². The molecule has 1 rings (SSSR count). The third-order valence-corrected chi connectivity index (χ3v) is 2.44. The van der Waals surface area contributed by atoms with Crippen LogP contribution in [0.4, 0.5) is 0 Å². The summed E-state index contributed by atoms with van der Waals surface area (Å²) in [7, 11) is 0. The zero-order chi connectivity index (χ0) is 6.69. The van der Waals surface area contributed by atoms with Crippen LogP contribution in [0.25, 0.3) is 0 Å². The van der Waals surface area contributed by atoms with Gasteiger partial charge in [0.05, 0.1) is 6.10 Å². The number of hydrogen-bond acceptors (Lipinski definition) is 2. The molecule has 0 amide bonds. The Bertz CT molecular complexity index is 85.0. The maximum atomic E-state index is 5.00. The van der Waals surface area contributed by atoms with Gasteiger partial charge >= 0.3 is 0 Å². The Morgan fingerprint density at radius 2 is 2.00 bits per heavy atom. The van der Waals surface area contributed by atoms with Crippen molar-refractivity contribution in [2.45, 2.75) is 38.7 Å². The molecule has 0 aromatic heterocycles. The van der Waals surface area contributed by atoms with E-state index in [9.17, 15) is 0 Å². The van der Waals surface area contributed by atoms with Crippen molar-refractivity contribution in [3.63, 3.8) is 0 Å². The Labute approximate surface area is 62.4 Å². The molecule has 9 heavy (non-hydrogen) atoms. The van der Waals surface area contributed by atoms with Crippen molar-refractivity contribution in [1.29, 1.82) is 0 Å². The molecule has 0 N–H and O–H groups in total. The average Bonchev–Trinajstić information content (AvgIpc) is 1.89. The van der Waals surface area contributed by atoms with E-state index >= 15 is 0 Å². The smallest absolute Gasteiger partial charge is 0.0744 e. The zero-order valence-electron chi connectivity index (χ0n) is 5.84. The predicted octanol–water partition coefficient (Wildman–Crippen LogP) is 2.43. The normalized spacial score (nSPS) is 36.7. The fourth-order valence-electron chi connectivity index (χ4n) is 1.44. The monoisotopic (exact) mass is 146 g/mol. The Morgan fingerprint density at radius 3 is 2.44 bits per heavy atom. The molecule has 1 nitrogen and oxygen atoms in total. The minimum absolute atomic E-state index is 0.419. The van der Waals surface area contributed by atoms with E-state index in [0.29, 0.717) is 6.10 Å². The van der Waals surface area contributed by atoms with Crippen molar-refractivity contribution in [2.75, 3.05) is 0 Å². The highest BCUT2D eigenvalue weighted by Gasteiger charge is 2.20. The van der Waals surface area contributed by atoms with Crippen molar-refractivity contribution in [3.8, 4) is 0 Å². The van der Waals surface area contributed by atoms with E-state index in [-0.39, 0.29) is 0 Å². The van der Waals surface area contributed by atoms with Crippen LogP contribution in [0.15, 0.2) is 0 Å². The van der Waals surface area contributed by atoms with Gasteiger partial charge in [-0.25, -0.2) is 0 Å². The summed E-state index contributed by atoms with van der Waals surface area (Å²) >= 11 is 3.82. The van der Waals surface area contributed by atoms with E-state index in [1.54, 1.807) is 0 Å². The molecule has 54 valence electrons. The highest BCUT2D eigenvalue weighted by molar-refractivity contribution is 7.75. The summed E-state index contributed by atoms with van der Waals surface area (Å²) in [4.78, 5) is 0. The van der Waals surface area contributed by atoms with Crippen LogP contribution < -0.4 is 0 Å². The van der Waals surface area contributed by atoms with Gasteiger partial charge in [0.1, 0.15) is 0 Å². The van der Waals surface area contributed by atoms with Crippen molar-refractivity contribution in [1.82, 2.24) is 0 Å². The maximum Gasteiger partial charge on any atom is 0.0744 e. The van der Waals surface area contributed by atoms with Gasteiger partial charge in [-0.3, -0.25) is 0 Å². The molecule has 0 bridgehead atoms. The van der Waals surface area contributed by atoms with Gasteiger partial charge in [0.15, 0.2) is 0 Å². The SMILES string of the molecule is C[C@H]1CCCCC1OS. The molecule has 0 spiro atoms. The molecule has 1 saturated carbocycles. The Balaban J connectivity index is 2.30. The van der Waals surface area contributed by atoms with Gasteiger partial charge in [0.25, 0.3) is 0 Å². The summed E-state index contributed by atoms with van der Waals surface area (Å²) in [5.74, 6) is 0.719. The van der Waals surface area contributed by atoms with Crippen LogP contribution in [0, 0.1) is 5.92 Å². The van der Waals surface area contributed by atoms with Crippen LogP contribution in [0.1, 0.15) is 32.6 Å². The van der Waals surface area contributed by atoms with Crippen molar-refractivity contribution < 1.29 is 4.18 Å². The van der Waals surface area contributed by atoms with Gasteiger partial charge in [-0.1, -0.05) is 19.8 Å². The van der Waals surface area contributed by atoms with Crippen LogP contribution in [0.5, 0.6) is 0 Å². The van der Waals surface area contributed by atoms with Crippen LogP contribution in [0.3, 0.4) is 0 Å². The predicted molar refractivity (Wildman–Crippen MR) is 41.5 cm³/mol. The van der Waals surface area contributed by atoms with E-state index in [2.05, 4.69) is 19.8 Å². The third-order valence-electron chi connectivity index (χ3n) is 2.17. The standard InChI is InChI=1S/C7H14OS/c1-6-4-2-3-5-7(6)8-9/h6-7,9H,2-5H2,1H3/t6-,7?/m0/s1. The molecule has 1 aliphatic rings. The molecule has 0 aliphatic heterocycles. The Kier molecular flexibility index (Phi) is 2.86. The quantitative estimate of drug-likeness (QED) is 0.441. The molecule has 2 atom stereocenters. The molecule has 1 unspecified atom stereocenters. The highest BCUT2D eigenvalue weighted by Crippen LogP contribution is 2.26. The van der Waals surface area contributed by atoms with E-state index < -0.39 is 0 Å². The second kappa shape index (κ2) is 3.47. The summed E-state index contributed by atoms with van der Waals surface area (Å²) in [6.45, 7) is 2.24. The summed E-state index contributed by atoms with van der Waals surface area (Å²) < 4.78 is 5.00. The first-order valence-corrected chi connectivity index (χ1v) is 4.01. The topological polar surface area (TPSA) is 9.23 Å². The average molecular weight is 146 g/mol. The lowest BCUT2D eigenvalue weighted by Crippen LogP contribution is -2.22.